The Kier molecular flexibility index (Phi) is 4.14. The lowest BCUT2D eigenvalue weighted by atomic mass is 10.1. The van der Waals surface area contributed by atoms with Crippen LogP contribution in [0.15, 0.2) is 23.2 Å². The first-order chi connectivity index (χ1) is 6.71. The van der Waals surface area contributed by atoms with Crippen LogP contribution in [0.4, 0.5) is 4.39 Å². The zero-order valence-electron chi connectivity index (χ0n) is 8.18. The van der Waals surface area contributed by atoms with Crippen molar-refractivity contribution in [3.8, 4) is 5.75 Å². The maximum atomic E-state index is 13.3. The molecule has 0 spiro atoms. The second-order valence-electron chi connectivity index (χ2n) is 2.88. The average Bonchev–Trinajstić information content (AvgIpc) is 2.27. The number of hydrogen-bond acceptors (Lipinski definition) is 1. The van der Waals surface area contributed by atoms with E-state index in [9.17, 15) is 4.39 Å². The quantitative estimate of drug-likeness (QED) is 0.799. The van der Waals surface area contributed by atoms with E-state index >= 15 is 0 Å². The van der Waals surface area contributed by atoms with Crippen LogP contribution >= 0.6 is 15.9 Å². The fourth-order valence-electron chi connectivity index (χ4n) is 1.18. The Hall–Kier alpha value is -0.830. The van der Waals surface area contributed by atoms with Crippen LogP contribution in [0.2, 0.25) is 0 Å². The first-order valence-electron chi connectivity index (χ1n) is 4.35. The third-order valence-corrected chi connectivity index (χ3v) is 2.38. The monoisotopic (exact) mass is 258 g/mol. The van der Waals surface area contributed by atoms with E-state index in [-0.39, 0.29) is 5.83 Å². The zero-order chi connectivity index (χ0) is 10.6. The molecule has 0 fully saturated rings. The lowest BCUT2D eigenvalue weighted by Crippen LogP contribution is -1.89. The number of methoxy groups -OCH3 is 1. The van der Waals surface area contributed by atoms with Crippen molar-refractivity contribution in [1.82, 2.24) is 0 Å². The minimum absolute atomic E-state index is 0.293. The van der Waals surface area contributed by atoms with Crippen molar-refractivity contribution in [2.45, 2.75) is 13.3 Å². The molecule has 0 aromatic heterocycles. The van der Waals surface area contributed by atoms with E-state index < -0.39 is 0 Å². The number of hydrogen-bond donors (Lipinski definition) is 0. The molecule has 0 aliphatic heterocycles. The van der Waals surface area contributed by atoms with Gasteiger partial charge in [-0.05, 0) is 30.2 Å². The van der Waals surface area contributed by atoms with Gasteiger partial charge in [0, 0.05) is 10.5 Å². The van der Waals surface area contributed by atoms with Crippen LogP contribution in [0.25, 0.3) is 5.83 Å². The molecular formula is C11H12BrFO. The molecule has 0 unspecified atom stereocenters. The topological polar surface area (TPSA) is 9.23 Å². The fraction of sp³-hybridized carbons (Fsp3) is 0.273. The van der Waals surface area contributed by atoms with Gasteiger partial charge < -0.3 is 4.74 Å². The van der Waals surface area contributed by atoms with E-state index in [2.05, 4.69) is 15.9 Å². The molecule has 1 aromatic carbocycles. The van der Waals surface area contributed by atoms with Gasteiger partial charge in [0.15, 0.2) is 0 Å². The van der Waals surface area contributed by atoms with Gasteiger partial charge in [0.2, 0.25) is 0 Å². The van der Waals surface area contributed by atoms with Gasteiger partial charge in [0.1, 0.15) is 11.6 Å². The van der Waals surface area contributed by atoms with Gasteiger partial charge in [-0.2, -0.15) is 0 Å². The summed E-state index contributed by atoms with van der Waals surface area (Å²) >= 11 is 2.97. The van der Waals surface area contributed by atoms with Crippen LogP contribution in [-0.2, 0) is 6.42 Å². The fourth-order valence-corrected chi connectivity index (χ4v) is 1.45. The standard InChI is InChI=1S/C11H12BrFO/c1-3-8-4-9(11(13)7-12)6-10(5-8)14-2/h4-7H,3H2,1-2H3/b11-7-. The predicted molar refractivity (Wildman–Crippen MR) is 60.4 cm³/mol. The summed E-state index contributed by atoms with van der Waals surface area (Å²) in [6, 6.07) is 5.40. The van der Waals surface area contributed by atoms with Gasteiger partial charge >= 0.3 is 0 Å². The van der Waals surface area contributed by atoms with Crippen LogP contribution in [-0.4, -0.2) is 7.11 Å². The number of aryl methyl sites for hydroxylation is 1. The van der Waals surface area contributed by atoms with Gasteiger partial charge in [-0.15, -0.1) is 0 Å². The smallest absolute Gasteiger partial charge is 0.137 e. The largest absolute Gasteiger partial charge is 0.497 e. The summed E-state index contributed by atoms with van der Waals surface area (Å²) < 4.78 is 18.3. The van der Waals surface area contributed by atoms with Crippen LogP contribution in [0.3, 0.4) is 0 Å². The van der Waals surface area contributed by atoms with Gasteiger partial charge in [0.05, 0.1) is 7.11 Å². The highest BCUT2D eigenvalue weighted by Crippen LogP contribution is 2.24. The summed E-state index contributed by atoms with van der Waals surface area (Å²) in [6.45, 7) is 2.02. The number of ether oxygens (including phenoxy) is 1. The van der Waals surface area contributed by atoms with Gasteiger partial charge in [-0.3, -0.25) is 0 Å². The summed E-state index contributed by atoms with van der Waals surface area (Å²) in [5.74, 6) is 0.391. The molecule has 0 aliphatic carbocycles. The number of halogens is 2. The predicted octanol–water partition coefficient (Wildman–Crippen LogP) is 3.92. The molecule has 0 atom stereocenters. The molecule has 0 aliphatic rings. The van der Waals surface area contributed by atoms with Crippen molar-refractivity contribution in [2.75, 3.05) is 7.11 Å². The molecular weight excluding hydrogens is 247 g/mol. The zero-order valence-corrected chi connectivity index (χ0v) is 9.77. The van der Waals surface area contributed by atoms with E-state index in [0.29, 0.717) is 11.3 Å². The minimum Gasteiger partial charge on any atom is -0.497 e. The third-order valence-electron chi connectivity index (χ3n) is 1.98. The Labute approximate surface area is 91.7 Å². The van der Waals surface area contributed by atoms with Gasteiger partial charge in [-0.1, -0.05) is 22.9 Å². The Balaban J connectivity index is 3.17. The highest BCUT2D eigenvalue weighted by Gasteiger charge is 2.04. The third kappa shape index (κ3) is 2.58. The van der Waals surface area contributed by atoms with E-state index in [1.165, 1.54) is 4.99 Å². The van der Waals surface area contributed by atoms with E-state index in [4.69, 9.17) is 4.74 Å². The van der Waals surface area contributed by atoms with E-state index in [0.717, 1.165) is 12.0 Å². The highest BCUT2D eigenvalue weighted by molar-refractivity contribution is 9.11. The van der Waals surface area contributed by atoms with Crippen molar-refractivity contribution >= 4 is 21.8 Å². The summed E-state index contributed by atoms with van der Waals surface area (Å²) in [7, 11) is 1.58. The maximum Gasteiger partial charge on any atom is 0.137 e. The lowest BCUT2D eigenvalue weighted by molar-refractivity contribution is 0.414. The van der Waals surface area contributed by atoms with Crippen molar-refractivity contribution in [2.24, 2.45) is 0 Å². The summed E-state index contributed by atoms with van der Waals surface area (Å²) in [5.41, 5.74) is 1.60. The molecule has 0 saturated heterocycles. The van der Waals surface area contributed by atoms with Crippen molar-refractivity contribution in [3.05, 3.63) is 34.3 Å². The lowest BCUT2D eigenvalue weighted by Gasteiger charge is -2.06. The van der Waals surface area contributed by atoms with Gasteiger partial charge in [0.25, 0.3) is 0 Å². The highest BCUT2D eigenvalue weighted by atomic mass is 79.9. The molecule has 1 nitrogen and oxygen atoms in total. The van der Waals surface area contributed by atoms with Crippen LogP contribution < -0.4 is 4.74 Å². The molecule has 0 amide bonds. The van der Waals surface area contributed by atoms with Crippen LogP contribution in [0.1, 0.15) is 18.1 Å². The Morgan fingerprint density at radius 3 is 2.71 bits per heavy atom. The molecule has 0 N–H and O–H groups in total. The van der Waals surface area contributed by atoms with Gasteiger partial charge in [-0.25, -0.2) is 4.39 Å². The first-order valence-corrected chi connectivity index (χ1v) is 5.27. The number of rotatable bonds is 3. The van der Waals surface area contributed by atoms with Crippen LogP contribution in [0.5, 0.6) is 5.75 Å². The van der Waals surface area contributed by atoms with Crippen molar-refractivity contribution in [1.29, 1.82) is 0 Å². The molecule has 3 heteroatoms. The summed E-state index contributed by atoms with van der Waals surface area (Å²) in [5, 5.41) is 0. The summed E-state index contributed by atoms with van der Waals surface area (Å²) in [6.07, 6.45) is 0.861. The van der Waals surface area contributed by atoms with Crippen molar-refractivity contribution in [3.63, 3.8) is 0 Å². The maximum absolute atomic E-state index is 13.3. The van der Waals surface area contributed by atoms with E-state index in [1.54, 1.807) is 13.2 Å². The minimum atomic E-state index is -0.293. The van der Waals surface area contributed by atoms with Crippen LogP contribution in [0, 0.1) is 0 Å². The molecule has 0 heterocycles. The molecule has 1 aromatic rings. The molecule has 1 rings (SSSR count). The Morgan fingerprint density at radius 1 is 1.50 bits per heavy atom. The average molecular weight is 259 g/mol. The second kappa shape index (κ2) is 5.15. The molecule has 14 heavy (non-hydrogen) atoms. The molecule has 0 radical (unpaired) electrons. The van der Waals surface area contributed by atoms with Crippen molar-refractivity contribution < 1.29 is 9.13 Å². The SMILES string of the molecule is CCc1cc(OC)cc(/C(F)=C/Br)c1. The number of benzene rings is 1. The normalized spacial score (nSPS) is 11.6. The first kappa shape index (κ1) is 11.2. The molecule has 76 valence electrons. The Bertz CT molecular complexity index is 325. The summed E-state index contributed by atoms with van der Waals surface area (Å²) in [4.78, 5) is 1.27. The molecule has 0 saturated carbocycles. The van der Waals surface area contributed by atoms with E-state index in [1.807, 2.05) is 19.1 Å². The second-order valence-corrected chi connectivity index (χ2v) is 3.34. The molecule has 0 bridgehead atoms. The Morgan fingerprint density at radius 2 is 2.21 bits per heavy atom.